The molecule has 1 saturated carbocycles. The maximum atomic E-state index is 14.2. The summed E-state index contributed by atoms with van der Waals surface area (Å²) in [5.41, 5.74) is 2.22. The fourth-order valence-electron chi connectivity index (χ4n) is 7.71. The molecule has 9 nitrogen and oxygen atoms in total. The maximum absolute atomic E-state index is 14.2. The van der Waals surface area contributed by atoms with Crippen LogP contribution in [0.2, 0.25) is 0 Å². The van der Waals surface area contributed by atoms with Crippen molar-refractivity contribution in [2.75, 3.05) is 77.9 Å². The van der Waals surface area contributed by atoms with Gasteiger partial charge >= 0.3 is 0 Å². The first-order valence-electron chi connectivity index (χ1n) is 17.8. The SMILES string of the molecule is CC1CN(S(=O)(=O)c2ccc(N(C)C)cc2)CCCN(CC2CCCCC2)CCCN(S(=O)(=O)N2CCC(c3ccccc3)CC2)C1.Cl. The second-order valence-electron chi connectivity index (χ2n) is 14.3. The van der Waals surface area contributed by atoms with Gasteiger partial charge in [0.15, 0.2) is 0 Å². The van der Waals surface area contributed by atoms with Gasteiger partial charge in [0.25, 0.3) is 10.2 Å². The zero-order valence-corrected chi connectivity index (χ0v) is 31.7. The van der Waals surface area contributed by atoms with Gasteiger partial charge in [0.2, 0.25) is 10.0 Å². The molecule has 1 atom stereocenters. The number of nitrogens with zero attached hydrogens (tertiary/aromatic N) is 5. The van der Waals surface area contributed by atoms with E-state index >= 15 is 0 Å². The summed E-state index contributed by atoms with van der Waals surface area (Å²) in [4.78, 5) is 4.72. The second kappa shape index (κ2) is 18.0. The molecule has 1 aliphatic carbocycles. The Hall–Kier alpha value is -1.73. The summed E-state index contributed by atoms with van der Waals surface area (Å²) in [6, 6.07) is 17.5. The third-order valence-electron chi connectivity index (χ3n) is 10.4. The number of hydrogen-bond donors (Lipinski definition) is 0. The Morgan fingerprint density at radius 1 is 0.667 bits per heavy atom. The predicted molar refractivity (Wildman–Crippen MR) is 199 cm³/mol. The molecule has 0 spiro atoms. The van der Waals surface area contributed by atoms with Gasteiger partial charge in [-0.05, 0) is 99.2 Å². The first-order chi connectivity index (χ1) is 22.5. The Balaban J connectivity index is 0.00000520. The van der Waals surface area contributed by atoms with Crippen molar-refractivity contribution in [3.8, 4) is 0 Å². The highest BCUT2D eigenvalue weighted by Crippen LogP contribution is 2.31. The number of benzene rings is 2. The summed E-state index contributed by atoms with van der Waals surface area (Å²) in [6.45, 7) is 7.10. The summed E-state index contributed by atoms with van der Waals surface area (Å²) in [6.07, 6.45) is 9.51. The van der Waals surface area contributed by atoms with Crippen LogP contribution in [0.15, 0.2) is 59.5 Å². The zero-order chi connectivity index (χ0) is 33.4. The molecule has 2 aliphatic heterocycles. The van der Waals surface area contributed by atoms with Gasteiger partial charge in [-0.25, -0.2) is 8.42 Å². The van der Waals surface area contributed by atoms with E-state index in [4.69, 9.17) is 0 Å². The summed E-state index contributed by atoms with van der Waals surface area (Å²) in [5, 5.41) is 0. The number of anilines is 1. The third kappa shape index (κ3) is 10.2. The Bertz CT molecular complexity index is 1460. The van der Waals surface area contributed by atoms with Gasteiger partial charge in [0.1, 0.15) is 0 Å². The van der Waals surface area contributed by atoms with Crippen LogP contribution in [0.3, 0.4) is 0 Å². The van der Waals surface area contributed by atoms with Crippen molar-refractivity contribution in [1.82, 2.24) is 17.8 Å². The third-order valence-corrected chi connectivity index (χ3v) is 14.3. The molecule has 0 bridgehead atoms. The highest BCUT2D eigenvalue weighted by molar-refractivity contribution is 7.89. The van der Waals surface area contributed by atoms with E-state index in [1.807, 2.05) is 44.1 Å². The normalized spacial score (nSPS) is 23.1. The van der Waals surface area contributed by atoms with Crippen LogP contribution in [-0.4, -0.2) is 108 Å². The lowest BCUT2D eigenvalue weighted by Crippen LogP contribution is -2.50. The molecule has 2 aromatic carbocycles. The highest BCUT2D eigenvalue weighted by atomic mass is 35.5. The average molecular weight is 724 g/mol. The molecule has 5 rings (SSSR count). The minimum absolute atomic E-state index is 0. The van der Waals surface area contributed by atoms with Crippen molar-refractivity contribution in [1.29, 1.82) is 0 Å². The Morgan fingerprint density at radius 2 is 1.25 bits per heavy atom. The number of sulfonamides is 1. The first-order valence-corrected chi connectivity index (χ1v) is 20.7. The van der Waals surface area contributed by atoms with E-state index in [1.165, 1.54) is 37.7 Å². The van der Waals surface area contributed by atoms with Gasteiger partial charge < -0.3 is 9.80 Å². The van der Waals surface area contributed by atoms with Crippen LogP contribution in [0.1, 0.15) is 76.2 Å². The van der Waals surface area contributed by atoms with Crippen molar-refractivity contribution in [2.24, 2.45) is 11.8 Å². The first kappa shape index (κ1) is 39.1. The smallest absolute Gasteiger partial charge is 0.281 e. The molecule has 2 heterocycles. The molecular formula is C36H58ClN5O4S2. The van der Waals surface area contributed by atoms with E-state index in [1.54, 1.807) is 25.0 Å². The Morgan fingerprint density at radius 3 is 1.85 bits per heavy atom. The molecule has 0 amide bonds. The van der Waals surface area contributed by atoms with Gasteiger partial charge in [0, 0.05) is 65.6 Å². The van der Waals surface area contributed by atoms with Gasteiger partial charge in [-0.1, -0.05) is 56.5 Å². The molecule has 12 heteroatoms. The van der Waals surface area contributed by atoms with E-state index in [0.29, 0.717) is 44.6 Å². The number of halogens is 1. The predicted octanol–water partition coefficient (Wildman–Crippen LogP) is 5.90. The van der Waals surface area contributed by atoms with Crippen molar-refractivity contribution in [2.45, 2.75) is 75.5 Å². The second-order valence-corrected chi connectivity index (χ2v) is 18.2. The number of hydrogen-bond acceptors (Lipinski definition) is 6. The number of piperidine rings is 1. The summed E-state index contributed by atoms with van der Waals surface area (Å²) in [5.74, 6) is 0.865. The monoisotopic (exact) mass is 723 g/mol. The van der Waals surface area contributed by atoms with Crippen molar-refractivity contribution in [3.63, 3.8) is 0 Å². The molecule has 0 radical (unpaired) electrons. The van der Waals surface area contributed by atoms with E-state index in [-0.39, 0.29) is 29.8 Å². The molecule has 2 aromatic rings. The van der Waals surface area contributed by atoms with Gasteiger partial charge in [-0.15, -0.1) is 12.4 Å². The standard InChI is InChI=1S/C36H57N5O4S2.ClH/c1-31-28-40(46(42,43)36-18-16-35(17-19-36)37(2)3)24-10-22-38(30-32-12-6-4-7-13-32)23-11-25-41(29-31)47(44,45)39-26-20-34(21-27-39)33-14-8-5-9-15-33;/h5,8-9,14-19,31-32,34H,4,6-7,10-13,20-30H2,1-3H3;1H. The summed E-state index contributed by atoms with van der Waals surface area (Å²) in [7, 11) is -3.59. The van der Waals surface area contributed by atoms with E-state index in [2.05, 4.69) is 29.2 Å². The van der Waals surface area contributed by atoms with Crippen LogP contribution in [0.25, 0.3) is 0 Å². The van der Waals surface area contributed by atoms with Crippen LogP contribution in [0.5, 0.6) is 0 Å². The van der Waals surface area contributed by atoms with Crippen molar-refractivity contribution in [3.05, 3.63) is 60.2 Å². The van der Waals surface area contributed by atoms with Crippen LogP contribution < -0.4 is 4.90 Å². The lowest BCUT2D eigenvalue weighted by atomic mass is 9.89. The maximum Gasteiger partial charge on any atom is 0.281 e. The van der Waals surface area contributed by atoms with E-state index in [9.17, 15) is 16.8 Å². The minimum Gasteiger partial charge on any atom is -0.378 e. The lowest BCUT2D eigenvalue weighted by molar-refractivity contribution is 0.178. The fraction of sp³-hybridized carbons (Fsp3) is 0.667. The largest absolute Gasteiger partial charge is 0.378 e. The molecule has 2 saturated heterocycles. The quantitative estimate of drug-likeness (QED) is 0.337. The Kier molecular flexibility index (Phi) is 14.6. The molecule has 0 N–H and O–H groups in total. The van der Waals surface area contributed by atoms with Gasteiger partial charge in [-0.2, -0.15) is 21.3 Å². The average Bonchev–Trinajstić information content (AvgIpc) is 3.07. The molecule has 0 aromatic heterocycles. The van der Waals surface area contributed by atoms with Gasteiger partial charge in [-0.3, -0.25) is 0 Å². The molecular weight excluding hydrogens is 666 g/mol. The highest BCUT2D eigenvalue weighted by Gasteiger charge is 2.35. The molecule has 3 aliphatic rings. The Labute approximate surface area is 297 Å². The fourth-order valence-corrected chi connectivity index (χ4v) is 11.1. The van der Waals surface area contributed by atoms with Crippen molar-refractivity contribution < 1.29 is 16.8 Å². The van der Waals surface area contributed by atoms with E-state index in [0.717, 1.165) is 51.0 Å². The van der Waals surface area contributed by atoms with Crippen LogP contribution >= 0.6 is 12.4 Å². The van der Waals surface area contributed by atoms with Crippen LogP contribution in [-0.2, 0) is 20.2 Å². The zero-order valence-electron chi connectivity index (χ0n) is 29.2. The molecule has 270 valence electrons. The molecule has 1 unspecified atom stereocenters. The summed E-state index contributed by atoms with van der Waals surface area (Å²) >= 11 is 0. The summed E-state index contributed by atoms with van der Waals surface area (Å²) < 4.78 is 61.5. The molecule has 3 fully saturated rings. The van der Waals surface area contributed by atoms with Crippen molar-refractivity contribution >= 4 is 38.3 Å². The van der Waals surface area contributed by atoms with Gasteiger partial charge in [0.05, 0.1) is 4.90 Å². The van der Waals surface area contributed by atoms with E-state index < -0.39 is 20.2 Å². The lowest BCUT2D eigenvalue weighted by Gasteiger charge is -2.37. The van der Waals surface area contributed by atoms with Crippen LogP contribution in [0.4, 0.5) is 5.69 Å². The molecule has 48 heavy (non-hydrogen) atoms. The number of rotatable bonds is 8. The minimum atomic E-state index is -3.76. The van der Waals surface area contributed by atoms with Crippen LogP contribution in [0, 0.1) is 11.8 Å². The topological polar surface area (TPSA) is 84.5 Å².